The molecule has 33 heavy (non-hydrogen) atoms. The van der Waals surface area contributed by atoms with E-state index in [2.05, 4.69) is 35.7 Å². The topological polar surface area (TPSA) is 68.2 Å². The average molecular weight is 469 g/mol. The van der Waals surface area contributed by atoms with Crippen molar-refractivity contribution in [3.63, 3.8) is 0 Å². The predicted molar refractivity (Wildman–Crippen MR) is 134 cm³/mol. The first kappa shape index (κ1) is 24.6. The molecule has 0 bridgehead atoms. The molecule has 7 heteroatoms. The van der Waals surface area contributed by atoms with Crippen molar-refractivity contribution >= 4 is 23.3 Å². The highest BCUT2D eigenvalue weighted by molar-refractivity contribution is 6.30. The maximum atomic E-state index is 13.0. The van der Waals surface area contributed by atoms with Crippen LogP contribution in [0.15, 0.2) is 61.7 Å². The Morgan fingerprint density at radius 2 is 2.21 bits per heavy atom. The zero-order valence-electron chi connectivity index (χ0n) is 19.8. The molecule has 0 saturated heterocycles. The molecule has 1 aromatic carbocycles. The molecule has 0 spiro atoms. The fourth-order valence-corrected chi connectivity index (χ4v) is 4.45. The van der Waals surface area contributed by atoms with Crippen LogP contribution < -0.4 is 10.6 Å². The van der Waals surface area contributed by atoms with Crippen LogP contribution in [0.4, 0.5) is 4.79 Å². The number of aromatic nitrogens is 2. The molecule has 6 nitrogen and oxygen atoms in total. The normalized spacial score (nSPS) is 16.8. The van der Waals surface area contributed by atoms with Gasteiger partial charge in [0, 0.05) is 12.1 Å². The SMILES string of the molecule is C=CNC1Cc2ccc(Cl)cc2C([C@@H](NC(=O)OC(C)(C)CCC)c2cncn2C)=CC1=C. The molecule has 1 aromatic heterocycles. The van der Waals surface area contributed by atoms with Crippen LogP contribution in [0, 0.1) is 0 Å². The summed E-state index contributed by atoms with van der Waals surface area (Å²) in [6, 6.07) is 5.29. The van der Waals surface area contributed by atoms with E-state index < -0.39 is 17.7 Å². The zero-order chi connectivity index (χ0) is 24.2. The molecule has 2 aromatic rings. The van der Waals surface area contributed by atoms with E-state index in [1.54, 1.807) is 18.7 Å². The highest BCUT2D eigenvalue weighted by Gasteiger charge is 2.31. The van der Waals surface area contributed by atoms with Gasteiger partial charge in [-0.3, -0.25) is 0 Å². The standard InChI is InChI=1S/C26H33ClN4O2/c1-7-11-26(4,5)33-25(32)30-24(23-15-28-16-31(23)6)21-12-17(3)22(29-8-2)13-18-9-10-19(27)14-20(18)21/h8-10,12,14-16,22,24,29H,2-3,7,11,13H2,1,4-6H3,(H,30,32)/t22?,24-/m1/s1. The quantitative estimate of drug-likeness (QED) is 0.520. The Bertz CT molecular complexity index is 1070. The third-order valence-corrected chi connectivity index (χ3v) is 6.09. The first-order chi connectivity index (χ1) is 15.6. The van der Waals surface area contributed by atoms with Crippen LogP contribution in [0.5, 0.6) is 0 Å². The van der Waals surface area contributed by atoms with Crippen LogP contribution in [-0.4, -0.2) is 27.3 Å². The summed E-state index contributed by atoms with van der Waals surface area (Å²) in [6.07, 6.45) is 9.06. The van der Waals surface area contributed by atoms with E-state index in [0.717, 1.165) is 40.8 Å². The fraction of sp³-hybridized carbons (Fsp3) is 0.385. The summed E-state index contributed by atoms with van der Waals surface area (Å²) in [7, 11) is 1.90. The number of halogens is 1. The van der Waals surface area contributed by atoms with Gasteiger partial charge in [-0.25, -0.2) is 9.78 Å². The smallest absolute Gasteiger partial charge is 0.408 e. The second-order valence-electron chi connectivity index (χ2n) is 9.01. The third kappa shape index (κ3) is 5.88. The summed E-state index contributed by atoms with van der Waals surface area (Å²) in [5.41, 5.74) is 4.05. The number of rotatable bonds is 8. The number of alkyl carbamates (subject to hydrolysis) is 1. The number of hydrogen-bond donors (Lipinski definition) is 2. The molecule has 176 valence electrons. The molecule has 1 unspecified atom stereocenters. The van der Waals surface area contributed by atoms with Crippen LogP contribution in [0.25, 0.3) is 5.57 Å². The number of benzene rings is 1. The number of fused-ring (bicyclic) bond motifs is 1. The highest BCUT2D eigenvalue weighted by atomic mass is 35.5. The zero-order valence-corrected chi connectivity index (χ0v) is 20.6. The minimum atomic E-state index is -0.572. The van der Waals surface area contributed by atoms with Crippen molar-refractivity contribution in [2.24, 2.45) is 7.05 Å². The van der Waals surface area contributed by atoms with Gasteiger partial charge in [0.25, 0.3) is 0 Å². The van der Waals surface area contributed by atoms with Crippen LogP contribution >= 0.6 is 11.6 Å². The molecule has 1 aliphatic rings. The molecule has 0 aliphatic heterocycles. The Labute approximate surface area is 201 Å². The van der Waals surface area contributed by atoms with Gasteiger partial charge in [0.1, 0.15) is 5.60 Å². The van der Waals surface area contributed by atoms with Gasteiger partial charge in [-0.15, -0.1) is 0 Å². The van der Waals surface area contributed by atoms with E-state index in [9.17, 15) is 4.79 Å². The first-order valence-electron chi connectivity index (χ1n) is 11.2. The van der Waals surface area contributed by atoms with E-state index in [-0.39, 0.29) is 6.04 Å². The summed E-state index contributed by atoms with van der Waals surface area (Å²) in [6.45, 7) is 14.0. The van der Waals surface area contributed by atoms with Crippen molar-refractivity contribution in [2.45, 2.75) is 57.7 Å². The van der Waals surface area contributed by atoms with Crippen LogP contribution in [0.1, 0.15) is 56.5 Å². The van der Waals surface area contributed by atoms with E-state index in [1.807, 2.05) is 49.7 Å². The van der Waals surface area contributed by atoms with Gasteiger partial charge < -0.3 is 19.9 Å². The number of nitrogens with one attached hydrogen (secondary N) is 2. The monoisotopic (exact) mass is 468 g/mol. The number of nitrogens with zero attached hydrogens (tertiary/aromatic N) is 2. The lowest BCUT2D eigenvalue weighted by Gasteiger charge is -2.28. The highest BCUT2D eigenvalue weighted by Crippen LogP contribution is 2.38. The summed E-state index contributed by atoms with van der Waals surface area (Å²) >= 11 is 6.41. The largest absolute Gasteiger partial charge is 0.444 e. The summed E-state index contributed by atoms with van der Waals surface area (Å²) in [5, 5.41) is 6.98. The van der Waals surface area contributed by atoms with Crippen LogP contribution in [0.3, 0.4) is 0 Å². The van der Waals surface area contributed by atoms with E-state index in [1.165, 1.54) is 0 Å². The summed E-state index contributed by atoms with van der Waals surface area (Å²) in [5.74, 6) is 0. The summed E-state index contributed by atoms with van der Waals surface area (Å²) in [4.78, 5) is 17.3. The van der Waals surface area contributed by atoms with Crippen molar-refractivity contribution in [3.8, 4) is 0 Å². The Morgan fingerprint density at radius 1 is 1.45 bits per heavy atom. The Hall–Kier alpha value is -2.99. The molecule has 0 fully saturated rings. The number of ether oxygens (including phenoxy) is 1. The molecule has 0 radical (unpaired) electrons. The molecular weight excluding hydrogens is 436 g/mol. The number of carbonyl (C=O) groups excluding carboxylic acids is 1. The molecule has 1 aliphatic carbocycles. The van der Waals surface area contributed by atoms with E-state index in [4.69, 9.17) is 16.3 Å². The maximum Gasteiger partial charge on any atom is 0.408 e. The van der Waals surface area contributed by atoms with Gasteiger partial charge in [0.15, 0.2) is 0 Å². The Balaban J connectivity index is 2.09. The van der Waals surface area contributed by atoms with Crippen molar-refractivity contribution in [2.75, 3.05) is 0 Å². The van der Waals surface area contributed by atoms with Gasteiger partial charge in [0.2, 0.25) is 0 Å². The van der Waals surface area contributed by atoms with Crippen molar-refractivity contribution in [1.82, 2.24) is 20.2 Å². The lowest BCUT2D eigenvalue weighted by Crippen LogP contribution is -2.37. The number of carbonyl (C=O) groups is 1. The third-order valence-electron chi connectivity index (χ3n) is 5.86. The van der Waals surface area contributed by atoms with E-state index >= 15 is 0 Å². The predicted octanol–water partition coefficient (Wildman–Crippen LogP) is 5.72. The Morgan fingerprint density at radius 3 is 2.85 bits per heavy atom. The lowest BCUT2D eigenvalue weighted by molar-refractivity contribution is 0.0312. The lowest BCUT2D eigenvalue weighted by atomic mass is 9.92. The summed E-state index contributed by atoms with van der Waals surface area (Å²) < 4.78 is 7.68. The van der Waals surface area contributed by atoms with Crippen LogP contribution in [-0.2, 0) is 18.2 Å². The molecule has 0 saturated carbocycles. The molecule has 1 heterocycles. The molecule has 2 atom stereocenters. The second-order valence-corrected chi connectivity index (χ2v) is 9.45. The average Bonchev–Trinajstić information content (AvgIpc) is 3.10. The number of imidazole rings is 1. The minimum Gasteiger partial charge on any atom is -0.444 e. The molecular formula is C26H33ClN4O2. The molecule has 3 rings (SSSR count). The minimum absolute atomic E-state index is 0.0254. The number of aryl methyl sites for hydroxylation is 1. The Kier molecular flexibility index (Phi) is 7.69. The van der Waals surface area contributed by atoms with Gasteiger partial charge >= 0.3 is 6.09 Å². The van der Waals surface area contributed by atoms with Gasteiger partial charge in [-0.2, -0.15) is 0 Å². The maximum absolute atomic E-state index is 13.0. The molecule has 1 amide bonds. The van der Waals surface area contributed by atoms with Crippen molar-refractivity contribution in [3.05, 3.63) is 83.6 Å². The fourth-order valence-electron chi connectivity index (χ4n) is 4.28. The van der Waals surface area contributed by atoms with Crippen molar-refractivity contribution < 1.29 is 9.53 Å². The van der Waals surface area contributed by atoms with E-state index in [0.29, 0.717) is 11.4 Å². The molecule has 2 N–H and O–H groups in total. The number of amides is 1. The second kappa shape index (κ2) is 10.3. The van der Waals surface area contributed by atoms with Gasteiger partial charge in [-0.1, -0.05) is 50.2 Å². The van der Waals surface area contributed by atoms with Gasteiger partial charge in [0.05, 0.1) is 30.3 Å². The van der Waals surface area contributed by atoms with Gasteiger partial charge in [-0.05, 0) is 67.3 Å². The number of hydrogen-bond acceptors (Lipinski definition) is 4. The van der Waals surface area contributed by atoms with Crippen molar-refractivity contribution in [1.29, 1.82) is 0 Å². The first-order valence-corrected chi connectivity index (χ1v) is 11.5. The van der Waals surface area contributed by atoms with Crippen LogP contribution in [0.2, 0.25) is 5.02 Å².